The molecule has 2 aromatic heterocycles. The number of hydrogen-bond acceptors (Lipinski definition) is 5. The van der Waals surface area contributed by atoms with Crippen molar-refractivity contribution in [3.8, 4) is 11.4 Å². The minimum atomic E-state index is 0.173. The molecule has 1 saturated heterocycles. The van der Waals surface area contributed by atoms with Crippen LogP contribution in [0.25, 0.3) is 11.4 Å². The number of thioether (sulfide) groups is 1. The van der Waals surface area contributed by atoms with Crippen LogP contribution in [0, 0.1) is 11.8 Å². The van der Waals surface area contributed by atoms with E-state index in [0.29, 0.717) is 24.1 Å². The minimum absolute atomic E-state index is 0.173. The van der Waals surface area contributed by atoms with Gasteiger partial charge >= 0.3 is 0 Å². The second kappa shape index (κ2) is 8.49. The number of likely N-dealkylation sites (tertiary alicyclic amines) is 1. The quantitative estimate of drug-likeness (QED) is 0.577. The Hall–Kier alpha value is -2.15. The lowest BCUT2D eigenvalue weighted by Gasteiger charge is -2.34. The lowest BCUT2D eigenvalue weighted by molar-refractivity contribution is -0.130. The van der Waals surface area contributed by atoms with Crippen molar-refractivity contribution in [2.45, 2.75) is 32.0 Å². The maximum absolute atomic E-state index is 12.6. The Morgan fingerprint density at radius 1 is 1.27 bits per heavy atom. The first-order valence-corrected chi connectivity index (χ1v) is 9.92. The Morgan fingerprint density at radius 2 is 1.96 bits per heavy atom. The largest absolute Gasteiger partial charge is 0.341 e. The highest BCUT2D eigenvalue weighted by atomic mass is 32.2. The number of carbonyl (C=O) groups excluding carboxylic acids is 1. The van der Waals surface area contributed by atoms with E-state index in [1.807, 2.05) is 27.7 Å². The zero-order chi connectivity index (χ0) is 18.5. The molecule has 3 rings (SSSR count). The summed E-state index contributed by atoms with van der Waals surface area (Å²) in [6.45, 7) is 10.6. The van der Waals surface area contributed by atoms with Gasteiger partial charge in [-0.1, -0.05) is 31.7 Å². The Balaban J connectivity index is 1.71. The number of pyridine rings is 1. The van der Waals surface area contributed by atoms with Gasteiger partial charge < -0.3 is 4.90 Å². The molecule has 0 aromatic carbocycles. The highest BCUT2D eigenvalue weighted by Gasteiger charge is 2.25. The van der Waals surface area contributed by atoms with E-state index in [1.54, 1.807) is 12.4 Å². The summed E-state index contributed by atoms with van der Waals surface area (Å²) in [5.74, 6) is 2.45. The van der Waals surface area contributed by atoms with Gasteiger partial charge in [0.25, 0.3) is 0 Å². The first kappa shape index (κ1) is 18.6. The third kappa shape index (κ3) is 4.33. The monoisotopic (exact) mass is 371 g/mol. The zero-order valence-corrected chi connectivity index (χ0v) is 16.2. The normalized spacial score (nSPS) is 20.2. The van der Waals surface area contributed by atoms with Crippen molar-refractivity contribution in [3.05, 3.63) is 37.2 Å². The molecule has 2 aromatic rings. The van der Waals surface area contributed by atoms with Gasteiger partial charge in [0.15, 0.2) is 11.0 Å². The van der Waals surface area contributed by atoms with Gasteiger partial charge in [-0.3, -0.25) is 14.3 Å². The third-order valence-electron chi connectivity index (χ3n) is 4.51. The number of allylic oxidation sites excluding steroid dienone is 1. The summed E-state index contributed by atoms with van der Waals surface area (Å²) in [5, 5.41) is 9.35. The zero-order valence-electron chi connectivity index (χ0n) is 15.3. The number of aromatic nitrogens is 4. The van der Waals surface area contributed by atoms with Crippen LogP contribution < -0.4 is 0 Å². The van der Waals surface area contributed by atoms with Gasteiger partial charge in [0.2, 0.25) is 5.91 Å². The maximum atomic E-state index is 12.6. The summed E-state index contributed by atoms with van der Waals surface area (Å²) in [4.78, 5) is 18.7. The van der Waals surface area contributed by atoms with Crippen LogP contribution in [0.5, 0.6) is 0 Å². The van der Waals surface area contributed by atoms with Crippen LogP contribution in [0.15, 0.2) is 42.3 Å². The van der Waals surface area contributed by atoms with Crippen LogP contribution >= 0.6 is 11.8 Å². The molecule has 3 heterocycles. The fraction of sp³-hybridized carbons (Fsp3) is 0.474. The van der Waals surface area contributed by atoms with Gasteiger partial charge in [-0.2, -0.15) is 0 Å². The molecule has 26 heavy (non-hydrogen) atoms. The molecule has 0 bridgehead atoms. The van der Waals surface area contributed by atoms with Crippen molar-refractivity contribution in [2.24, 2.45) is 11.8 Å². The average Bonchev–Trinajstić information content (AvgIpc) is 3.02. The molecule has 0 unspecified atom stereocenters. The number of amides is 1. The molecule has 7 heteroatoms. The predicted molar refractivity (Wildman–Crippen MR) is 104 cm³/mol. The highest BCUT2D eigenvalue weighted by molar-refractivity contribution is 7.99. The lowest BCUT2D eigenvalue weighted by Crippen LogP contribution is -2.43. The summed E-state index contributed by atoms with van der Waals surface area (Å²) in [7, 11) is 0. The summed E-state index contributed by atoms with van der Waals surface area (Å²) >= 11 is 1.44. The van der Waals surface area contributed by atoms with E-state index in [1.165, 1.54) is 18.2 Å². The second-order valence-corrected chi connectivity index (χ2v) is 7.92. The molecule has 0 spiro atoms. The van der Waals surface area contributed by atoms with Crippen molar-refractivity contribution < 1.29 is 4.79 Å². The highest BCUT2D eigenvalue weighted by Crippen LogP contribution is 2.25. The van der Waals surface area contributed by atoms with E-state index in [-0.39, 0.29) is 5.91 Å². The molecular weight excluding hydrogens is 346 g/mol. The molecule has 0 saturated carbocycles. The van der Waals surface area contributed by atoms with E-state index in [0.717, 1.165) is 29.6 Å². The molecule has 138 valence electrons. The number of nitrogens with zero attached hydrogens (tertiary/aromatic N) is 5. The first-order chi connectivity index (χ1) is 12.6. The molecule has 0 N–H and O–H groups in total. The van der Waals surface area contributed by atoms with Crippen molar-refractivity contribution in [1.29, 1.82) is 0 Å². The van der Waals surface area contributed by atoms with Crippen molar-refractivity contribution in [2.75, 3.05) is 18.8 Å². The van der Waals surface area contributed by atoms with E-state index in [9.17, 15) is 4.79 Å². The van der Waals surface area contributed by atoms with Crippen molar-refractivity contribution in [1.82, 2.24) is 24.6 Å². The van der Waals surface area contributed by atoms with E-state index in [4.69, 9.17) is 0 Å². The van der Waals surface area contributed by atoms with Crippen LogP contribution in [0.1, 0.15) is 20.3 Å². The average molecular weight is 372 g/mol. The van der Waals surface area contributed by atoms with Crippen LogP contribution in [0.4, 0.5) is 0 Å². The molecule has 1 fully saturated rings. The summed E-state index contributed by atoms with van der Waals surface area (Å²) in [6.07, 6.45) is 6.47. The maximum Gasteiger partial charge on any atom is 0.233 e. The van der Waals surface area contributed by atoms with Crippen LogP contribution in [-0.2, 0) is 11.3 Å². The molecule has 6 nitrogen and oxygen atoms in total. The standard InChI is InChI=1S/C19H25N5OS/c1-4-9-24-18(16-5-7-20-8-6-16)21-22-19(24)26-13-17(25)23-11-14(2)10-15(3)12-23/h4-8,14-15H,1,9-13H2,2-3H3/t14-,15-/m1/s1. The molecule has 1 amide bonds. The van der Waals surface area contributed by atoms with Gasteiger partial charge in [-0.25, -0.2) is 0 Å². The first-order valence-electron chi connectivity index (χ1n) is 8.93. The van der Waals surface area contributed by atoms with Crippen LogP contribution in [0.3, 0.4) is 0 Å². The summed E-state index contributed by atoms with van der Waals surface area (Å²) in [6, 6.07) is 3.80. The summed E-state index contributed by atoms with van der Waals surface area (Å²) in [5.41, 5.74) is 0.950. The van der Waals surface area contributed by atoms with Crippen molar-refractivity contribution in [3.63, 3.8) is 0 Å². The molecule has 1 aliphatic heterocycles. The number of piperidine rings is 1. The molecule has 0 radical (unpaired) electrons. The molecule has 2 atom stereocenters. The van der Waals surface area contributed by atoms with Crippen LogP contribution in [-0.4, -0.2) is 49.4 Å². The summed E-state index contributed by atoms with van der Waals surface area (Å²) < 4.78 is 1.99. The predicted octanol–water partition coefficient (Wildman–Crippen LogP) is 3.12. The van der Waals surface area contributed by atoms with E-state index in [2.05, 4.69) is 35.6 Å². The van der Waals surface area contributed by atoms with Crippen molar-refractivity contribution >= 4 is 17.7 Å². The smallest absolute Gasteiger partial charge is 0.233 e. The van der Waals surface area contributed by atoms with Gasteiger partial charge in [-0.05, 0) is 30.4 Å². The third-order valence-corrected chi connectivity index (χ3v) is 5.46. The number of carbonyl (C=O) groups is 1. The molecule has 0 aliphatic carbocycles. The van der Waals surface area contributed by atoms with Crippen LogP contribution in [0.2, 0.25) is 0 Å². The Morgan fingerprint density at radius 3 is 2.62 bits per heavy atom. The van der Waals surface area contributed by atoms with E-state index < -0.39 is 0 Å². The van der Waals surface area contributed by atoms with Gasteiger partial charge in [0.1, 0.15) is 0 Å². The minimum Gasteiger partial charge on any atom is -0.341 e. The molecule has 1 aliphatic rings. The Labute approximate surface area is 158 Å². The topological polar surface area (TPSA) is 63.9 Å². The fourth-order valence-corrected chi connectivity index (χ4v) is 4.34. The molecular formula is C19H25N5OS. The van der Waals surface area contributed by atoms with Gasteiger partial charge in [0.05, 0.1) is 5.75 Å². The number of rotatable bonds is 6. The van der Waals surface area contributed by atoms with E-state index >= 15 is 0 Å². The second-order valence-electron chi connectivity index (χ2n) is 6.97. The fourth-order valence-electron chi connectivity index (χ4n) is 3.49. The van der Waals surface area contributed by atoms with Gasteiger partial charge in [0, 0.05) is 37.6 Å². The van der Waals surface area contributed by atoms with Gasteiger partial charge in [-0.15, -0.1) is 16.8 Å². The SMILES string of the molecule is C=CCn1c(SCC(=O)N2C[C@H](C)C[C@@H](C)C2)nnc1-c1ccncc1. The number of hydrogen-bond donors (Lipinski definition) is 0. The Kier molecular flexibility index (Phi) is 6.08. The lowest BCUT2D eigenvalue weighted by atomic mass is 9.92. The Bertz CT molecular complexity index is 751.